The van der Waals surface area contributed by atoms with Gasteiger partial charge in [-0.05, 0) is 57.0 Å². The van der Waals surface area contributed by atoms with E-state index in [1.54, 1.807) is 0 Å². The molecule has 0 spiro atoms. The fraction of sp³-hybridized carbons (Fsp3) is 0.312. The van der Waals surface area contributed by atoms with Crippen LogP contribution in [0.25, 0.3) is 5.69 Å². The normalized spacial score (nSPS) is 10.6. The van der Waals surface area contributed by atoms with Crippen molar-refractivity contribution >= 4 is 5.97 Å². The van der Waals surface area contributed by atoms with Crippen LogP contribution < -0.4 is 0 Å². The van der Waals surface area contributed by atoms with Crippen LogP contribution in [0.15, 0.2) is 24.3 Å². The third-order valence-electron chi connectivity index (χ3n) is 3.30. The van der Waals surface area contributed by atoms with Crippen molar-refractivity contribution in [2.45, 2.75) is 27.7 Å². The molecule has 0 aliphatic carbocycles. The minimum Gasteiger partial charge on any atom is -0.465 e. The van der Waals surface area contributed by atoms with Crippen molar-refractivity contribution in [3.05, 3.63) is 52.3 Å². The number of esters is 1. The van der Waals surface area contributed by atoms with E-state index in [0.717, 1.165) is 17.1 Å². The first-order valence-corrected chi connectivity index (χ1v) is 6.30. The molecule has 1 heterocycles. The number of hydrogen-bond acceptors (Lipinski definition) is 2. The summed E-state index contributed by atoms with van der Waals surface area (Å²) < 4.78 is 6.91. The van der Waals surface area contributed by atoms with Crippen LogP contribution in [0.5, 0.6) is 0 Å². The Kier molecular flexibility index (Phi) is 3.47. The van der Waals surface area contributed by atoms with E-state index in [1.807, 2.05) is 19.9 Å². The number of hydrogen-bond donors (Lipinski definition) is 0. The van der Waals surface area contributed by atoms with E-state index in [9.17, 15) is 4.79 Å². The molecule has 0 N–H and O–H groups in total. The lowest BCUT2D eigenvalue weighted by molar-refractivity contribution is 0.0600. The fourth-order valence-corrected chi connectivity index (χ4v) is 2.56. The molecule has 0 radical (unpaired) electrons. The summed E-state index contributed by atoms with van der Waals surface area (Å²) in [5, 5.41) is 0. The van der Waals surface area contributed by atoms with Gasteiger partial charge >= 0.3 is 5.97 Å². The molecule has 19 heavy (non-hydrogen) atoms. The Labute approximate surface area is 113 Å². The van der Waals surface area contributed by atoms with Crippen LogP contribution in [0.3, 0.4) is 0 Å². The number of carbonyl (C=O) groups is 1. The smallest absolute Gasteiger partial charge is 0.339 e. The minimum absolute atomic E-state index is 0.288. The summed E-state index contributed by atoms with van der Waals surface area (Å²) in [7, 11) is 1.41. The molecule has 1 aromatic carbocycles. The maximum atomic E-state index is 11.7. The van der Waals surface area contributed by atoms with Gasteiger partial charge in [-0.15, -0.1) is 0 Å². The first kappa shape index (κ1) is 13.4. The number of nitrogens with zero attached hydrogens (tertiary/aromatic N) is 1. The highest BCUT2D eigenvalue weighted by Crippen LogP contribution is 2.23. The molecule has 0 unspecified atom stereocenters. The van der Waals surface area contributed by atoms with Gasteiger partial charge in [0.25, 0.3) is 0 Å². The van der Waals surface area contributed by atoms with Crippen molar-refractivity contribution in [3.63, 3.8) is 0 Å². The molecule has 0 saturated heterocycles. The van der Waals surface area contributed by atoms with Crippen molar-refractivity contribution in [3.8, 4) is 5.69 Å². The molecule has 0 aliphatic heterocycles. The van der Waals surface area contributed by atoms with Gasteiger partial charge < -0.3 is 9.30 Å². The number of ether oxygens (including phenoxy) is 1. The highest BCUT2D eigenvalue weighted by molar-refractivity contribution is 5.91. The van der Waals surface area contributed by atoms with E-state index in [-0.39, 0.29) is 5.97 Å². The summed E-state index contributed by atoms with van der Waals surface area (Å²) in [6.45, 7) is 8.09. The molecule has 0 atom stereocenters. The van der Waals surface area contributed by atoms with E-state index >= 15 is 0 Å². The third-order valence-corrected chi connectivity index (χ3v) is 3.30. The van der Waals surface area contributed by atoms with E-state index in [0.29, 0.717) is 5.56 Å². The number of aromatic nitrogens is 1. The lowest BCUT2D eigenvalue weighted by Crippen LogP contribution is -2.05. The number of aryl methyl sites for hydroxylation is 3. The Hall–Kier alpha value is -2.03. The maximum Gasteiger partial charge on any atom is 0.339 e. The fourth-order valence-electron chi connectivity index (χ4n) is 2.56. The second-order valence-corrected chi connectivity index (χ2v) is 4.96. The predicted molar refractivity (Wildman–Crippen MR) is 76.1 cm³/mol. The Morgan fingerprint density at radius 1 is 1.00 bits per heavy atom. The Balaban J connectivity index is 2.62. The van der Waals surface area contributed by atoms with Gasteiger partial charge in [-0.25, -0.2) is 4.79 Å². The summed E-state index contributed by atoms with van der Waals surface area (Å²) in [5.41, 5.74) is 6.07. The van der Waals surface area contributed by atoms with Crippen LogP contribution in [-0.2, 0) is 4.74 Å². The standard InChI is InChI=1S/C16H19NO2/c1-10-6-11(2)8-14(7-10)17-12(3)9-15(13(17)4)16(18)19-5/h6-9H,1-5H3. The molecule has 100 valence electrons. The van der Waals surface area contributed by atoms with Gasteiger partial charge in [-0.2, -0.15) is 0 Å². The number of benzene rings is 1. The SMILES string of the molecule is COC(=O)c1cc(C)n(-c2cc(C)cc(C)c2)c1C. The van der Waals surface area contributed by atoms with Crippen LogP contribution >= 0.6 is 0 Å². The van der Waals surface area contributed by atoms with Crippen molar-refractivity contribution in [1.82, 2.24) is 4.57 Å². The lowest BCUT2D eigenvalue weighted by atomic mass is 10.1. The molecular formula is C16H19NO2. The zero-order valence-electron chi connectivity index (χ0n) is 12.1. The van der Waals surface area contributed by atoms with Crippen LogP contribution in [0.1, 0.15) is 32.9 Å². The van der Waals surface area contributed by atoms with Gasteiger partial charge in [0, 0.05) is 17.1 Å². The zero-order chi connectivity index (χ0) is 14.2. The quantitative estimate of drug-likeness (QED) is 0.771. The molecule has 0 saturated carbocycles. The predicted octanol–water partition coefficient (Wildman–Crippen LogP) is 3.50. The molecule has 2 aromatic rings. The molecule has 3 nitrogen and oxygen atoms in total. The van der Waals surface area contributed by atoms with E-state index in [1.165, 1.54) is 18.2 Å². The summed E-state index contributed by atoms with van der Waals surface area (Å²) in [6.07, 6.45) is 0. The monoisotopic (exact) mass is 257 g/mol. The molecule has 0 aliphatic rings. The van der Waals surface area contributed by atoms with Gasteiger partial charge in [0.2, 0.25) is 0 Å². The van der Waals surface area contributed by atoms with Crippen LogP contribution in [0, 0.1) is 27.7 Å². The van der Waals surface area contributed by atoms with E-state index in [4.69, 9.17) is 4.74 Å². The summed E-state index contributed by atoms with van der Waals surface area (Å²) in [6, 6.07) is 8.25. The van der Waals surface area contributed by atoms with Gasteiger partial charge in [-0.1, -0.05) is 6.07 Å². The molecule has 2 rings (SSSR count). The summed E-state index contributed by atoms with van der Waals surface area (Å²) in [5.74, 6) is -0.288. The summed E-state index contributed by atoms with van der Waals surface area (Å²) >= 11 is 0. The van der Waals surface area contributed by atoms with Gasteiger partial charge in [0.05, 0.1) is 12.7 Å². The van der Waals surface area contributed by atoms with Gasteiger partial charge in [0.1, 0.15) is 0 Å². The average molecular weight is 257 g/mol. The molecule has 3 heteroatoms. The topological polar surface area (TPSA) is 31.2 Å². The van der Waals surface area contributed by atoms with Crippen molar-refractivity contribution < 1.29 is 9.53 Å². The third kappa shape index (κ3) is 2.41. The van der Waals surface area contributed by atoms with Crippen LogP contribution in [-0.4, -0.2) is 17.6 Å². The van der Waals surface area contributed by atoms with Gasteiger partial charge in [-0.3, -0.25) is 0 Å². The average Bonchev–Trinajstić information content (AvgIpc) is 2.62. The second kappa shape index (κ2) is 4.92. The number of methoxy groups -OCH3 is 1. The molecule has 0 amide bonds. The first-order valence-electron chi connectivity index (χ1n) is 6.30. The van der Waals surface area contributed by atoms with Crippen LogP contribution in [0.4, 0.5) is 0 Å². The first-order chi connectivity index (χ1) is 8.93. The maximum absolute atomic E-state index is 11.7. The Morgan fingerprint density at radius 2 is 1.58 bits per heavy atom. The highest BCUT2D eigenvalue weighted by atomic mass is 16.5. The van der Waals surface area contributed by atoms with Crippen molar-refractivity contribution in [2.75, 3.05) is 7.11 Å². The lowest BCUT2D eigenvalue weighted by Gasteiger charge is -2.11. The molecule has 0 bridgehead atoms. The van der Waals surface area contributed by atoms with E-state index < -0.39 is 0 Å². The van der Waals surface area contributed by atoms with Crippen molar-refractivity contribution in [2.24, 2.45) is 0 Å². The number of rotatable bonds is 2. The highest BCUT2D eigenvalue weighted by Gasteiger charge is 2.17. The second-order valence-electron chi connectivity index (χ2n) is 4.96. The Morgan fingerprint density at radius 3 is 2.11 bits per heavy atom. The van der Waals surface area contributed by atoms with Gasteiger partial charge in [0.15, 0.2) is 0 Å². The van der Waals surface area contributed by atoms with Crippen LogP contribution in [0.2, 0.25) is 0 Å². The van der Waals surface area contributed by atoms with Crippen molar-refractivity contribution in [1.29, 1.82) is 0 Å². The minimum atomic E-state index is -0.288. The number of carbonyl (C=O) groups excluding carboxylic acids is 1. The summed E-state index contributed by atoms with van der Waals surface area (Å²) in [4.78, 5) is 11.7. The Bertz CT molecular complexity index is 618. The zero-order valence-corrected chi connectivity index (χ0v) is 12.1. The molecule has 1 aromatic heterocycles. The van der Waals surface area contributed by atoms with E-state index in [2.05, 4.69) is 36.6 Å². The molecule has 0 fully saturated rings. The molecular weight excluding hydrogens is 238 g/mol. The largest absolute Gasteiger partial charge is 0.465 e.